The normalized spacial score (nSPS) is 15.7. The average molecular weight is 501 g/mol. The topological polar surface area (TPSA) is 112 Å². The number of fused-ring (bicyclic) bond motifs is 1. The number of amides is 2. The van der Waals surface area contributed by atoms with Crippen LogP contribution < -0.4 is 11.1 Å². The van der Waals surface area contributed by atoms with Crippen LogP contribution in [0.1, 0.15) is 37.0 Å². The number of hydrogen-bond acceptors (Lipinski definition) is 5. The number of nitrogens with two attached hydrogens (primary N) is 1. The van der Waals surface area contributed by atoms with Gasteiger partial charge in [0.15, 0.2) is 10.0 Å². The molecule has 3 rings (SSSR count). The molecule has 2 amide bonds. The summed E-state index contributed by atoms with van der Waals surface area (Å²) in [5, 5.41) is 2.20. The van der Waals surface area contributed by atoms with E-state index in [-0.39, 0.29) is 17.3 Å². The maximum Gasteiger partial charge on any atom is 0.240 e. The Morgan fingerprint density at radius 3 is 2.44 bits per heavy atom. The molecule has 0 saturated carbocycles. The molecule has 6 nitrogen and oxygen atoms in total. The maximum absolute atomic E-state index is 14.1. The van der Waals surface area contributed by atoms with Gasteiger partial charge in [0.2, 0.25) is 11.8 Å². The summed E-state index contributed by atoms with van der Waals surface area (Å²) >= 11 is -0.174. The van der Waals surface area contributed by atoms with Crippen molar-refractivity contribution in [3.8, 4) is 0 Å². The largest absolute Gasteiger partial charge is 0.612 e. The van der Waals surface area contributed by atoms with Crippen molar-refractivity contribution in [3.05, 3.63) is 70.5 Å². The molecule has 0 radical (unpaired) electrons. The molecule has 3 N–H and O–H groups in total. The lowest BCUT2D eigenvalue weighted by atomic mass is 10.0. The summed E-state index contributed by atoms with van der Waals surface area (Å²) in [5.41, 5.74) is 10.1. The number of allylic oxidation sites excluding steroid dienone is 3. The highest BCUT2D eigenvalue weighted by Gasteiger charge is 2.27. The zero-order valence-corrected chi connectivity index (χ0v) is 20.6. The third-order valence-electron chi connectivity index (χ3n) is 5.43. The summed E-state index contributed by atoms with van der Waals surface area (Å²) in [7, 11) is 0. The van der Waals surface area contributed by atoms with E-state index < -0.39 is 34.8 Å². The van der Waals surface area contributed by atoms with Crippen LogP contribution in [-0.4, -0.2) is 39.5 Å². The number of benzene rings is 2. The number of nitrogens with one attached hydrogen (secondary N) is 1. The fourth-order valence-electron chi connectivity index (χ4n) is 3.72. The fraction of sp³-hybridized carbons (Fsp3) is 0.240. The summed E-state index contributed by atoms with van der Waals surface area (Å²) in [6.07, 6.45) is 3.60. The molecule has 2 aromatic carbocycles. The number of thioether (sulfide) groups is 1. The number of halogens is 1. The van der Waals surface area contributed by atoms with Crippen LogP contribution in [-0.2, 0) is 25.6 Å². The third-order valence-corrected chi connectivity index (χ3v) is 7.33. The lowest BCUT2D eigenvalue weighted by Gasteiger charge is -2.13. The number of primary amides is 1. The standard InChI is InChI=1S/C25H25FN2O4S2/c1-14-20(10-16-4-7-18(8-5-16)34(3)32)19-9-6-17(26)11-22(19)21(14)12-24(30)33-13-23(25(27)31)28-15(2)29/h4-11,23H,12-13H2,1-3H3,(H2,27,31)(H,28,29)/b20-10-. The van der Waals surface area contributed by atoms with E-state index in [1.165, 1.54) is 19.1 Å². The summed E-state index contributed by atoms with van der Waals surface area (Å²) in [4.78, 5) is 36.2. The van der Waals surface area contributed by atoms with Gasteiger partial charge < -0.3 is 15.6 Å². The summed E-state index contributed by atoms with van der Waals surface area (Å²) in [5.74, 6) is -1.52. The highest BCUT2D eigenvalue weighted by molar-refractivity contribution is 8.13. The molecule has 0 aliphatic heterocycles. The molecule has 2 unspecified atom stereocenters. The Kier molecular flexibility index (Phi) is 8.35. The minimum atomic E-state index is -1.08. The summed E-state index contributed by atoms with van der Waals surface area (Å²) < 4.78 is 25.7. The SMILES string of the molecule is CC(=O)NC(CSC(=O)CC1=C(C)/C(=C/c2ccc([S+](C)[O-])cc2)c2ccc(F)cc21)C(N)=O. The monoisotopic (exact) mass is 500 g/mol. The molecule has 34 heavy (non-hydrogen) atoms. The van der Waals surface area contributed by atoms with Crippen molar-refractivity contribution in [1.29, 1.82) is 0 Å². The van der Waals surface area contributed by atoms with Gasteiger partial charge in [0.1, 0.15) is 18.1 Å². The quantitative estimate of drug-likeness (QED) is 0.539. The number of rotatable bonds is 8. The smallest absolute Gasteiger partial charge is 0.240 e. The van der Waals surface area contributed by atoms with E-state index in [4.69, 9.17) is 5.73 Å². The first-order chi connectivity index (χ1) is 16.1. The van der Waals surface area contributed by atoms with Crippen LogP contribution in [0, 0.1) is 5.82 Å². The van der Waals surface area contributed by atoms with Crippen molar-refractivity contribution in [2.24, 2.45) is 5.73 Å². The van der Waals surface area contributed by atoms with Crippen molar-refractivity contribution in [3.63, 3.8) is 0 Å². The number of carbonyl (C=O) groups excluding carboxylic acids is 3. The first-order valence-corrected chi connectivity index (χ1v) is 13.0. The van der Waals surface area contributed by atoms with E-state index in [0.29, 0.717) is 11.1 Å². The Balaban J connectivity index is 1.86. The zero-order valence-electron chi connectivity index (χ0n) is 19.0. The van der Waals surface area contributed by atoms with E-state index in [0.717, 1.165) is 38.9 Å². The van der Waals surface area contributed by atoms with Crippen LogP contribution in [0.15, 0.2) is 52.9 Å². The summed E-state index contributed by atoms with van der Waals surface area (Å²) in [6.45, 7) is 3.15. The highest BCUT2D eigenvalue weighted by atomic mass is 32.2. The Morgan fingerprint density at radius 1 is 1.18 bits per heavy atom. The molecule has 0 fully saturated rings. The third kappa shape index (κ3) is 6.16. The van der Waals surface area contributed by atoms with Gasteiger partial charge in [0, 0.05) is 19.1 Å². The molecule has 0 aromatic heterocycles. The van der Waals surface area contributed by atoms with Crippen molar-refractivity contribution in [2.75, 3.05) is 12.0 Å². The minimum absolute atomic E-state index is 0.0178. The van der Waals surface area contributed by atoms with Gasteiger partial charge in [-0.15, -0.1) is 0 Å². The van der Waals surface area contributed by atoms with Crippen molar-refractivity contribution in [2.45, 2.75) is 31.2 Å². The van der Waals surface area contributed by atoms with Gasteiger partial charge in [-0.05, 0) is 94.0 Å². The Hall–Kier alpha value is -2.88. The molecule has 2 aromatic rings. The minimum Gasteiger partial charge on any atom is -0.612 e. The van der Waals surface area contributed by atoms with Gasteiger partial charge in [0.05, 0.1) is 0 Å². The molecular weight excluding hydrogens is 475 g/mol. The van der Waals surface area contributed by atoms with Crippen LogP contribution >= 0.6 is 11.8 Å². The number of carbonyl (C=O) groups is 3. The van der Waals surface area contributed by atoms with E-state index in [2.05, 4.69) is 5.32 Å². The van der Waals surface area contributed by atoms with Gasteiger partial charge in [-0.1, -0.05) is 17.8 Å². The molecule has 0 spiro atoms. The van der Waals surface area contributed by atoms with Crippen molar-refractivity contribution >= 4 is 57.1 Å². The Morgan fingerprint density at radius 2 is 1.85 bits per heavy atom. The molecular formula is C25H25FN2O4S2. The molecule has 1 aliphatic carbocycles. The van der Waals surface area contributed by atoms with Crippen LogP contribution in [0.5, 0.6) is 0 Å². The highest BCUT2D eigenvalue weighted by Crippen LogP contribution is 2.44. The van der Waals surface area contributed by atoms with Gasteiger partial charge >= 0.3 is 0 Å². The predicted octanol–water partition coefficient (Wildman–Crippen LogP) is 3.53. The summed E-state index contributed by atoms with van der Waals surface area (Å²) in [6, 6.07) is 10.9. The average Bonchev–Trinajstić information content (AvgIpc) is 3.01. The lowest BCUT2D eigenvalue weighted by Crippen LogP contribution is -2.45. The second-order valence-corrected chi connectivity index (χ2v) is 10.3. The second-order valence-electron chi connectivity index (χ2n) is 7.89. The Bertz CT molecular complexity index is 1190. The predicted molar refractivity (Wildman–Crippen MR) is 135 cm³/mol. The molecule has 0 bridgehead atoms. The van der Waals surface area contributed by atoms with E-state index in [9.17, 15) is 23.3 Å². The second kappa shape index (κ2) is 11.0. The Labute approximate surface area is 205 Å². The van der Waals surface area contributed by atoms with Crippen molar-refractivity contribution < 1.29 is 23.3 Å². The van der Waals surface area contributed by atoms with Crippen molar-refractivity contribution in [1.82, 2.24) is 5.32 Å². The van der Waals surface area contributed by atoms with Gasteiger partial charge in [0.25, 0.3) is 0 Å². The van der Waals surface area contributed by atoms with Gasteiger partial charge in [-0.2, -0.15) is 0 Å². The van der Waals surface area contributed by atoms with Crippen LogP contribution in [0.4, 0.5) is 4.39 Å². The fourth-order valence-corrected chi connectivity index (χ4v) is 5.08. The maximum atomic E-state index is 14.1. The first kappa shape index (κ1) is 25.7. The molecule has 9 heteroatoms. The first-order valence-electron chi connectivity index (χ1n) is 10.4. The van der Waals surface area contributed by atoms with Crippen LogP contribution in [0.3, 0.4) is 0 Å². The van der Waals surface area contributed by atoms with Crippen LogP contribution in [0.2, 0.25) is 0 Å². The van der Waals surface area contributed by atoms with E-state index in [1.54, 1.807) is 24.5 Å². The lowest BCUT2D eigenvalue weighted by molar-refractivity contribution is -0.125. The zero-order chi connectivity index (χ0) is 25.0. The number of hydrogen-bond donors (Lipinski definition) is 2. The van der Waals surface area contributed by atoms with E-state index >= 15 is 0 Å². The molecule has 1 aliphatic rings. The molecule has 178 valence electrons. The van der Waals surface area contributed by atoms with Gasteiger partial charge in [-0.25, -0.2) is 4.39 Å². The molecule has 0 saturated heterocycles. The van der Waals surface area contributed by atoms with E-state index in [1.807, 2.05) is 25.1 Å². The molecule has 0 heterocycles. The molecule has 2 atom stereocenters. The van der Waals surface area contributed by atoms with Gasteiger partial charge in [-0.3, -0.25) is 14.4 Å². The van der Waals surface area contributed by atoms with Crippen LogP contribution in [0.25, 0.3) is 17.2 Å².